The Hall–Kier alpha value is -2.05. The van der Waals surface area contributed by atoms with E-state index in [0.29, 0.717) is 31.9 Å². The average Bonchev–Trinajstić information content (AvgIpc) is 3.09. The van der Waals surface area contributed by atoms with Crippen molar-refractivity contribution in [3.05, 3.63) is 21.8 Å². The maximum atomic E-state index is 12.0. The number of nitrogen functional groups attached to an aromatic ring is 1. The molecule has 3 N–H and O–H groups in total. The number of carbonyl (C=O) groups excluding carboxylic acids is 1. The number of aromatic amines is 1. The predicted octanol–water partition coefficient (Wildman–Crippen LogP) is 2.74. The lowest BCUT2D eigenvalue weighted by Crippen LogP contribution is -2.05. The third-order valence-electron chi connectivity index (χ3n) is 2.95. The molecule has 122 valence electrons. The van der Waals surface area contributed by atoms with Crippen molar-refractivity contribution in [2.75, 3.05) is 12.3 Å². The van der Waals surface area contributed by atoms with Crippen molar-refractivity contribution in [3.63, 3.8) is 0 Å². The molecule has 2 aromatic heterocycles. The number of hydrogen-bond acceptors (Lipinski definition) is 8. The zero-order valence-electron chi connectivity index (χ0n) is 12.9. The fourth-order valence-electron chi connectivity index (χ4n) is 1.93. The topological polar surface area (TPSA) is 118 Å². The number of nitriles is 1. The Morgan fingerprint density at radius 3 is 2.96 bits per heavy atom. The average molecular weight is 351 g/mol. The number of anilines is 1. The van der Waals surface area contributed by atoms with Gasteiger partial charge in [-0.2, -0.15) is 5.26 Å². The molecule has 0 fully saturated rings. The molecule has 0 saturated carbocycles. The summed E-state index contributed by atoms with van der Waals surface area (Å²) >= 11 is 2.43. The summed E-state index contributed by atoms with van der Waals surface area (Å²) in [5.74, 6) is 0.752. The van der Waals surface area contributed by atoms with E-state index >= 15 is 0 Å². The van der Waals surface area contributed by atoms with E-state index < -0.39 is 5.97 Å². The molecule has 0 unspecified atom stereocenters. The quantitative estimate of drug-likeness (QED) is 0.581. The summed E-state index contributed by atoms with van der Waals surface area (Å²) in [6, 6.07) is 2.06. The molecule has 0 atom stereocenters. The number of carbonyl (C=O) groups is 1. The second-order valence-electron chi connectivity index (χ2n) is 4.58. The van der Waals surface area contributed by atoms with Crippen molar-refractivity contribution in [1.82, 2.24) is 15.2 Å². The summed E-state index contributed by atoms with van der Waals surface area (Å²) in [4.78, 5) is 16.8. The van der Waals surface area contributed by atoms with Crippen LogP contribution in [-0.4, -0.2) is 27.8 Å². The molecule has 2 heterocycles. The van der Waals surface area contributed by atoms with E-state index in [2.05, 4.69) is 28.2 Å². The molecule has 0 aliphatic rings. The molecule has 0 amide bonds. The Morgan fingerprint density at radius 1 is 1.52 bits per heavy atom. The van der Waals surface area contributed by atoms with E-state index in [1.807, 2.05) is 0 Å². The van der Waals surface area contributed by atoms with Gasteiger partial charge in [0.2, 0.25) is 5.16 Å². The van der Waals surface area contributed by atoms with Gasteiger partial charge in [0, 0.05) is 17.7 Å². The van der Waals surface area contributed by atoms with Crippen LogP contribution in [0.2, 0.25) is 0 Å². The Labute approximate surface area is 142 Å². The van der Waals surface area contributed by atoms with E-state index in [4.69, 9.17) is 10.5 Å². The zero-order valence-corrected chi connectivity index (χ0v) is 14.5. The highest BCUT2D eigenvalue weighted by molar-refractivity contribution is 7.98. The first-order chi connectivity index (χ1) is 11.1. The van der Waals surface area contributed by atoms with Gasteiger partial charge in [0.25, 0.3) is 0 Å². The lowest BCUT2D eigenvalue weighted by atomic mass is 10.2. The lowest BCUT2D eigenvalue weighted by molar-refractivity contribution is 0.0531. The highest BCUT2D eigenvalue weighted by Crippen LogP contribution is 2.34. The van der Waals surface area contributed by atoms with Crippen molar-refractivity contribution >= 4 is 34.1 Å². The highest BCUT2D eigenvalue weighted by Gasteiger charge is 2.23. The van der Waals surface area contributed by atoms with Gasteiger partial charge in [-0.3, -0.25) is 5.10 Å². The summed E-state index contributed by atoms with van der Waals surface area (Å²) in [6.45, 7) is 4.07. The minimum atomic E-state index is -0.456. The van der Waals surface area contributed by atoms with E-state index in [9.17, 15) is 10.1 Å². The SMILES string of the molecule is CCCc1nc(SCc2c(C(=O)OCC)sc(N)c2C#N)n[nH]1. The molecule has 0 spiro atoms. The molecule has 2 aromatic rings. The Bertz CT molecular complexity index is 732. The smallest absolute Gasteiger partial charge is 0.348 e. The van der Waals surface area contributed by atoms with Crippen molar-refractivity contribution in [3.8, 4) is 6.07 Å². The zero-order chi connectivity index (χ0) is 16.8. The molecule has 7 nitrogen and oxygen atoms in total. The minimum absolute atomic E-state index is 0.270. The standard InChI is InChI=1S/C14H17N5O2S2/c1-3-5-10-17-14(19-18-10)22-7-9-8(6-15)12(16)23-11(9)13(20)21-4-2/h3-5,7,16H2,1-2H3,(H,17,18,19). The summed E-state index contributed by atoms with van der Waals surface area (Å²) < 4.78 is 5.03. The number of nitrogens with two attached hydrogens (primary N) is 1. The maximum Gasteiger partial charge on any atom is 0.348 e. The van der Waals surface area contributed by atoms with Gasteiger partial charge in [0.1, 0.15) is 21.8 Å². The van der Waals surface area contributed by atoms with Crippen molar-refractivity contribution in [2.24, 2.45) is 0 Å². The van der Waals surface area contributed by atoms with Crippen LogP contribution in [0.25, 0.3) is 0 Å². The van der Waals surface area contributed by atoms with E-state index in [-0.39, 0.29) is 6.61 Å². The second kappa shape index (κ2) is 7.99. The molecule has 0 saturated heterocycles. The first-order valence-electron chi connectivity index (χ1n) is 7.13. The van der Waals surface area contributed by atoms with Crippen molar-refractivity contribution in [2.45, 2.75) is 37.6 Å². The van der Waals surface area contributed by atoms with E-state index in [1.54, 1.807) is 6.92 Å². The summed E-state index contributed by atoms with van der Waals surface area (Å²) in [7, 11) is 0. The molecule has 0 aliphatic carbocycles. The van der Waals surface area contributed by atoms with Gasteiger partial charge in [0.05, 0.1) is 12.2 Å². The molecule has 0 aromatic carbocycles. The van der Waals surface area contributed by atoms with Gasteiger partial charge in [-0.15, -0.1) is 16.4 Å². The third-order valence-corrected chi connectivity index (χ3v) is 4.87. The first kappa shape index (κ1) is 17.3. The Balaban J connectivity index is 2.20. The number of hydrogen-bond donors (Lipinski definition) is 2. The van der Waals surface area contributed by atoms with E-state index in [0.717, 1.165) is 30.0 Å². The van der Waals surface area contributed by atoms with E-state index in [1.165, 1.54) is 11.8 Å². The fraction of sp³-hybridized carbons (Fsp3) is 0.429. The number of thioether (sulfide) groups is 1. The van der Waals surface area contributed by atoms with Gasteiger partial charge in [-0.25, -0.2) is 9.78 Å². The van der Waals surface area contributed by atoms with Gasteiger partial charge < -0.3 is 10.5 Å². The van der Waals surface area contributed by atoms with Gasteiger partial charge in [-0.1, -0.05) is 18.7 Å². The minimum Gasteiger partial charge on any atom is -0.462 e. The number of aromatic nitrogens is 3. The molecule has 2 rings (SSSR count). The van der Waals surface area contributed by atoms with Crippen molar-refractivity contribution < 1.29 is 9.53 Å². The van der Waals surface area contributed by atoms with Crippen molar-refractivity contribution in [1.29, 1.82) is 5.26 Å². The van der Waals surface area contributed by atoms with Crippen LogP contribution in [0, 0.1) is 11.3 Å². The van der Waals surface area contributed by atoms with Crippen LogP contribution in [0.4, 0.5) is 5.00 Å². The monoisotopic (exact) mass is 351 g/mol. The molecular weight excluding hydrogens is 334 g/mol. The number of aryl methyl sites for hydroxylation is 1. The van der Waals surface area contributed by atoms with Crippen LogP contribution in [0.3, 0.4) is 0 Å². The Kier molecular flexibility index (Phi) is 6.01. The van der Waals surface area contributed by atoms with Crippen LogP contribution in [0.5, 0.6) is 0 Å². The largest absolute Gasteiger partial charge is 0.462 e. The molecular formula is C14H17N5O2S2. The Morgan fingerprint density at radius 2 is 2.30 bits per heavy atom. The predicted molar refractivity (Wildman–Crippen MR) is 89.3 cm³/mol. The van der Waals surface area contributed by atoms with Crippen LogP contribution in [0.1, 0.15) is 46.9 Å². The third kappa shape index (κ3) is 4.03. The van der Waals surface area contributed by atoms with Crippen LogP contribution < -0.4 is 5.73 Å². The van der Waals surface area contributed by atoms with Crippen LogP contribution in [0.15, 0.2) is 5.16 Å². The number of nitrogens with zero attached hydrogens (tertiary/aromatic N) is 3. The molecule has 0 aliphatic heterocycles. The van der Waals surface area contributed by atoms with Gasteiger partial charge in [0.15, 0.2) is 0 Å². The number of esters is 1. The molecule has 9 heteroatoms. The molecule has 0 bridgehead atoms. The summed E-state index contributed by atoms with van der Waals surface area (Å²) in [6.07, 6.45) is 1.81. The molecule has 23 heavy (non-hydrogen) atoms. The molecule has 0 radical (unpaired) electrons. The number of rotatable bonds is 7. The highest BCUT2D eigenvalue weighted by atomic mass is 32.2. The lowest BCUT2D eigenvalue weighted by Gasteiger charge is -2.03. The first-order valence-corrected chi connectivity index (χ1v) is 8.93. The normalized spacial score (nSPS) is 10.5. The van der Waals surface area contributed by atoms with Crippen LogP contribution >= 0.6 is 23.1 Å². The van der Waals surface area contributed by atoms with Gasteiger partial charge in [-0.05, 0) is 13.3 Å². The number of thiophene rings is 1. The summed E-state index contributed by atoms with van der Waals surface area (Å²) in [5, 5.41) is 17.2. The second-order valence-corrected chi connectivity index (χ2v) is 6.58. The fourth-order valence-corrected chi connectivity index (χ4v) is 3.80. The van der Waals surface area contributed by atoms with Gasteiger partial charge >= 0.3 is 5.97 Å². The maximum absolute atomic E-state index is 12.0. The summed E-state index contributed by atoms with van der Waals surface area (Å²) in [5.41, 5.74) is 6.75. The van der Waals surface area contributed by atoms with Crippen LogP contribution in [-0.2, 0) is 16.9 Å². The number of ether oxygens (including phenoxy) is 1. The number of nitrogens with one attached hydrogen (secondary N) is 1. The number of H-pyrrole nitrogens is 1.